The van der Waals surface area contributed by atoms with E-state index in [-0.39, 0.29) is 5.91 Å². The van der Waals surface area contributed by atoms with E-state index in [2.05, 4.69) is 10.6 Å². The maximum Gasteiger partial charge on any atom is 0.412 e. The van der Waals surface area contributed by atoms with E-state index in [1.54, 1.807) is 45.0 Å². The molecule has 2 aromatic carbocycles. The molecule has 0 aromatic heterocycles. The molecule has 144 valence electrons. The standard InChI is InChI=1S/C21H26N2O4/c1-15-5-11-18(12-6-15)26-14-13-22-19(24)16-7-9-17(10-8-16)23-20(25)27-21(2,3)4/h5-12H,13-14H2,1-4H3,(H,22,24)(H,23,25). The van der Waals surface area contributed by atoms with Crippen LogP contribution in [-0.2, 0) is 4.74 Å². The summed E-state index contributed by atoms with van der Waals surface area (Å²) < 4.78 is 10.8. The number of aryl methyl sites for hydroxylation is 1. The van der Waals surface area contributed by atoms with Gasteiger partial charge in [-0.3, -0.25) is 10.1 Å². The van der Waals surface area contributed by atoms with Crippen LogP contribution in [0.5, 0.6) is 5.75 Å². The number of rotatable bonds is 6. The van der Waals surface area contributed by atoms with Crippen molar-refractivity contribution in [2.24, 2.45) is 0 Å². The summed E-state index contributed by atoms with van der Waals surface area (Å²) in [7, 11) is 0. The van der Waals surface area contributed by atoms with Crippen molar-refractivity contribution < 1.29 is 19.1 Å². The van der Waals surface area contributed by atoms with Gasteiger partial charge < -0.3 is 14.8 Å². The number of hydrogen-bond donors (Lipinski definition) is 2. The fraction of sp³-hybridized carbons (Fsp3) is 0.333. The first-order chi connectivity index (χ1) is 12.7. The van der Waals surface area contributed by atoms with Gasteiger partial charge in [-0.2, -0.15) is 0 Å². The van der Waals surface area contributed by atoms with Crippen LogP contribution in [0.1, 0.15) is 36.7 Å². The Kier molecular flexibility index (Phi) is 6.82. The zero-order valence-corrected chi connectivity index (χ0v) is 16.2. The van der Waals surface area contributed by atoms with Crippen molar-refractivity contribution in [3.63, 3.8) is 0 Å². The van der Waals surface area contributed by atoms with Crippen molar-refractivity contribution in [1.82, 2.24) is 5.32 Å². The van der Waals surface area contributed by atoms with Crippen molar-refractivity contribution in [3.8, 4) is 5.75 Å². The van der Waals surface area contributed by atoms with Gasteiger partial charge in [-0.05, 0) is 64.1 Å². The Hall–Kier alpha value is -3.02. The molecule has 0 atom stereocenters. The van der Waals surface area contributed by atoms with Crippen LogP contribution in [0, 0.1) is 6.92 Å². The van der Waals surface area contributed by atoms with Gasteiger partial charge in [0.2, 0.25) is 0 Å². The van der Waals surface area contributed by atoms with E-state index in [9.17, 15) is 9.59 Å². The SMILES string of the molecule is Cc1ccc(OCCNC(=O)c2ccc(NC(=O)OC(C)(C)C)cc2)cc1. The third-order valence-corrected chi connectivity index (χ3v) is 3.47. The highest BCUT2D eigenvalue weighted by Gasteiger charge is 2.16. The highest BCUT2D eigenvalue weighted by molar-refractivity contribution is 5.95. The minimum atomic E-state index is -0.565. The zero-order chi connectivity index (χ0) is 19.9. The zero-order valence-electron chi connectivity index (χ0n) is 16.2. The van der Waals surface area contributed by atoms with Gasteiger partial charge in [0.15, 0.2) is 0 Å². The Labute approximate surface area is 159 Å². The normalized spacial score (nSPS) is 10.8. The molecule has 6 nitrogen and oxygen atoms in total. The fourth-order valence-corrected chi connectivity index (χ4v) is 2.20. The second-order valence-corrected chi connectivity index (χ2v) is 7.12. The molecule has 2 rings (SSSR count). The second kappa shape index (κ2) is 9.07. The molecular weight excluding hydrogens is 344 g/mol. The van der Waals surface area contributed by atoms with Gasteiger partial charge >= 0.3 is 6.09 Å². The average Bonchev–Trinajstić information content (AvgIpc) is 2.59. The van der Waals surface area contributed by atoms with Crippen molar-refractivity contribution in [3.05, 3.63) is 59.7 Å². The van der Waals surface area contributed by atoms with Crippen LogP contribution in [0.3, 0.4) is 0 Å². The summed E-state index contributed by atoms with van der Waals surface area (Å²) in [5.74, 6) is 0.568. The van der Waals surface area contributed by atoms with E-state index in [1.165, 1.54) is 5.56 Å². The third kappa shape index (κ3) is 7.40. The lowest BCUT2D eigenvalue weighted by Gasteiger charge is -2.19. The van der Waals surface area contributed by atoms with Crippen LogP contribution in [-0.4, -0.2) is 30.8 Å². The lowest BCUT2D eigenvalue weighted by Crippen LogP contribution is -2.28. The highest BCUT2D eigenvalue weighted by Crippen LogP contribution is 2.13. The monoisotopic (exact) mass is 370 g/mol. The van der Waals surface area contributed by atoms with Crippen LogP contribution in [0.25, 0.3) is 0 Å². The van der Waals surface area contributed by atoms with Gasteiger partial charge in [-0.1, -0.05) is 17.7 Å². The lowest BCUT2D eigenvalue weighted by molar-refractivity contribution is 0.0635. The minimum Gasteiger partial charge on any atom is -0.492 e. The number of carbonyl (C=O) groups is 2. The molecule has 6 heteroatoms. The number of anilines is 1. The van der Waals surface area contributed by atoms with Gasteiger partial charge in [-0.15, -0.1) is 0 Å². The number of carbonyl (C=O) groups excluding carboxylic acids is 2. The summed E-state index contributed by atoms with van der Waals surface area (Å²) in [5, 5.41) is 5.42. The molecule has 0 saturated heterocycles. The Balaban J connectivity index is 1.76. The van der Waals surface area contributed by atoms with Crippen molar-refractivity contribution in [2.75, 3.05) is 18.5 Å². The summed E-state index contributed by atoms with van der Waals surface area (Å²) in [4.78, 5) is 23.9. The molecule has 2 aromatic rings. The molecule has 0 aliphatic carbocycles. The summed E-state index contributed by atoms with van der Waals surface area (Å²) in [6, 6.07) is 14.3. The van der Waals surface area contributed by atoms with E-state index in [1.807, 2.05) is 31.2 Å². The smallest absolute Gasteiger partial charge is 0.412 e. The summed E-state index contributed by atoms with van der Waals surface area (Å²) >= 11 is 0. The predicted octanol–water partition coefficient (Wildman–Crippen LogP) is 4.15. The van der Waals surface area contributed by atoms with Gasteiger partial charge in [0.05, 0.1) is 6.54 Å². The van der Waals surface area contributed by atoms with Crippen LogP contribution in [0.15, 0.2) is 48.5 Å². The summed E-state index contributed by atoms with van der Waals surface area (Å²) in [6.45, 7) is 8.17. The number of benzene rings is 2. The molecule has 0 aliphatic rings. The number of nitrogens with one attached hydrogen (secondary N) is 2. The lowest BCUT2D eigenvalue weighted by atomic mass is 10.2. The van der Waals surface area contributed by atoms with Crippen LogP contribution in [0.2, 0.25) is 0 Å². The molecule has 27 heavy (non-hydrogen) atoms. The van der Waals surface area contributed by atoms with E-state index < -0.39 is 11.7 Å². The fourth-order valence-electron chi connectivity index (χ4n) is 2.20. The van der Waals surface area contributed by atoms with Gasteiger partial charge in [0, 0.05) is 11.3 Å². The molecular formula is C21H26N2O4. The Morgan fingerprint density at radius 3 is 2.19 bits per heavy atom. The molecule has 0 bridgehead atoms. The van der Waals surface area contributed by atoms with Crippen LogP contribution < -0.4 is 15.4 Å². The van der Waals surface area contributed by atoms with E-state index in [4.69, 9.17) is 9.47 Å². The molecule has 2 amide bonds. The Morgan fingerprint density at radius 1 is 0.963 bits per heavy atom. The topological polar surface area (TPSA) is 76.7 Å². The molecule has 0 unspecified atom stereocenters. The van der Waals surface area contributed by atoms with Crippen molar-refractivity contribution in [1.29, 1.82) is 0 Å². The quantitative estimate of drug-likeness (QED) is 0.749. The van der Waals surface area contributed by atoms with E-state index in [0.717, 1.165) is 5.75 Å². The van der Waals surface area contributed by atoms with Crippen molar-refractivity contribution >= 4 is 17.7 Å². The van der Waals surface area contributed by atoms with Crippen LogP contribution >= 0.6 is 0 Å². The van der Waals surface area contributed by atoms with Crippen molar-refractivity contribution in [2.45, 2.75) is 33.3 Å². The molecule has 0 radical (unpaired) electrons. The Bertz CT molecular complexity index is 762. The minimum absolute atomic E-state index is 0.202. The third-order valence-electron chi connectivity index (χ3n) is 3.47. The maximum absolute atomic E-state index is 12.1. The Morgan fingerprint density at radius 2 is 1.59 bits per heavy atom. The predicted molar refractivity (Wildman–Crippen MR) is 105 cm³/mol. The first-order valence-electron chi connectivity index (χ1n) is 8.81. The van der Waals surface area contributed by atoms with Crippen LogP contribution in [0.4, 0.5) is 10.5 Å². The second-order valence-electron chi connectivity index (χ2n) is 7.12. The highest BCUT2D eigenvalue weighted by atomic mass is 16.6. The molecule has 0 fully saturated rings. The molecule has 0 heterocycles. The number of amides is 2. The number of ether oxygens (including phenoxy) is 2. The van der Waals surface area contributed by atoms with Gasteiger partial charge in [0.25, 0.3) is 5.91 Å². The largest absolute Gasteiger partial charge is 0.492 e. The van der Waals surface area contributed by atoms with E-state index >= 15 is 0 Å². The van der Waals surface area contributed by atoms with E-state index in [0.29, 0.717) is 24.4 Å². The first kappa shape index (κ1) is 20.3. The molecule has 0 aliphatic heterocycles. The number of hydrogen-bond acceptors (Lipinski definition) is 4. The molecule has 2 N–H and O–H groups in total. The molecule has 0 saturated carbocycles. The first-order valence-corrected chi connectivity index (χ1v) is 8.81. The van der Waals surface area contributed by atoms with Gasteiger partial charge in [-0.25, -0.2) is 4.79 Å². The average molecular weight is 370 g/mol. The maximum atomic E-state index is 12.1. The molecule has 0 spiro atoms. The summed E-state index contributed by atoms with van der Waals surface area (Å²) in [6.07, 6.45) is -0.534. The summed E-state index contributed by atoms with van der Waals surface area (Å²) in [5.41, 5.74) is 1.66. The van der Waals surface area contributed by atoms with Gasteiger partial charge in [0.1, 0.15) is 18.0 Å².